The van der Waals surface area contributed by atoms with Gasteiger partial charge in [-0.15, -0.1) is 0 Å². The molecule has 2 aromatic rings. The number of nitrogens with zero attached hydrogens (tertiary/aromatic N) is 4. The minimum atomic E-state index is 0.384. The van der Waals surface area contributed by atoms with Crippen molar-refractivity contribution in [2.45, 2.75) is 26.8 Å². The minimum Gasteiger partial charge on any atom is -0.436 e. The summed E-state index contributed by atoms with van der Waals surface area (Å²) in [4.78, 5) is 8.30. The Morgan fingerprint density at radius 1 is 1.35 bits per heavy atom. The average Bonchev–Trinajstić information content (AvgIpc) is 2.76. The summed E-state index contributed by atoms with van der Waals surface area (Å²) in [6.45, 7) is 4.77. The molecule has 5 nitrogen and oxygen atoms in total. The molecule has 90 valence electrons. The molecule has 17 heavy (non-hydrogen) atoms. The Labute approximate surface area is 104 Å². The van der Waals surface area contributed by atoms with Crippen LogP contribution >= 0.6 is 11.6 Å². The van der Waals surface area contributed by atoms with E-state index >= 15 is 0 Å². The molecule has 0 spiro atoms. The molecular weight excluding hydrogens is 240 g/mol. The van der Waals surface area contributed by atoms with Crippen LogP contribution in [0, 0.1) is 0 Å². The maximum atomic E-state index is 5.88. The lowest BCUT2D eigenvalue weighted by atomic mass is 10.4. The van der Waals surface area contributed by atoms with Crippen LogP contribution in [0.2, 0.25) is 5.15 Å². The van der Waals surface area contributed by atoms with Crippen molar-refractivity contribution in [3.8, 4) is 11.6 Å². The van der Waals surface area contributed by atoms with Crippen LogP contribution in [0.1, 0.15) is 19.7 Å². The van der Waals surface area contributed by atoms with Gasteiger partial charge in [-0.3, -0.25) is 4.68 Å². The van der Waals surface area contributed by atoms with Gasteiger partial charge in [0.2, 0.25) is 5.88 Å². The number of hydrogen-bond acceptors (Lipinski definition) is 4. The van der Waals surface area contributed by atoms with Crippen LogP contribution in [0.4, 0.5) is 0 Å². The molecule has 0 atom stereocenters. The first-order valence-corrected chi connectivity index (χ1v) is 5.82. The third-order valence-corrected chi connectivity index (χ3v) is 2.38. The monoisotopic (exact) mass is 252 g/mol. The largest absolute Gasteiger partial charge is 0.436 e. The average molecular weight is 253 g/mol. The summed E-state index contributed by atoms with van der Waals surface area (Å²) >= 11 is 5.88. The molecular formula is C11H13ClN4O. The number of ether oxygens (including phenoxy) is 1. The molecule has 0 fully saturated rings. The van der Waals surface area contributed by atoms with Gasteiger partial charge in [-0.25, -0.2) is 4.98 Å². The second kappa shape index (κ2) is 5.14. The Bertz CT molecular complexity index is 512. The van der Waals surface area contributed by atoms with Gasteiger partial charge in [-0.1, -0.05) is 18.5 Å². The summed E-state index contributed by atoms with van der Waals surface area (Å²) < 4.78 is 7.34. The Morgan fingerprint density at radius 3 is 2.82 bits per heavy atom. The van der Waals surface area contributed by atoms with Crippen molar-refractivity contribution in [2.75, 3.05) is 0 Å². The van der Waals surface area contributed by atoms with Crippen LogP contribution in [-0.4, -0.2) is 19.7 Å². The van der Waals surface area contributed by atoms with Gasteiger partial charge in [0.15, 0.2) is 5.75 Å². The highest BCUT2D eigenvalue weighted by atomic mass is 35.5. The van der Waals surface area contributed by atoms with E-state index in [2.05, 4.69) is 15.1 Å². The fourth-order valence-corrected chi connectivity index (χ4v) is 1.53. The van der Waals surface area contributed by atoms with E-state index in [1.165, 1.54) is 0 Å². The number of hydrogen-bond donors (Lipinski definition) is 0. The lowest BCUT2D eigenvalue weighted by molar-refractivity contribution is 0.457. The van der Waals surface area contributed by atoms with Crippen LogP contribution in [-0.2, 0) is 13.0 Å². The Kier molecular flexibility index (Phi) is 3.58. The second-order valence-corrected chi connectivity index (χ2v) is 3.82. The van der Waals surface area contributed by atoms with Crippen LogP contribution in [0.5, 0.6) is 11.6 Å². The smallest absolute Gasteiger partial charge is 0.224 e. The van der Waals surface area contributed by atoms with E-state index in [4.69, 9.17) is 16.3 Å². The highest BCUT2D eigenvalue weighted by molar-refractivity contribution is 6.29. The normalized spacial score (nSPS) is 10.5. The zero-order valence-corrected chi connectivity index (χ0v) is 10.5. The number of aryl methyl sites for hydroxylation is 2. The Balaban J connectivity index is 2.20. The van der Waals surface area contributed by atoms with E-state index in [9.17, 15) is 0 Å². The quantitative estimate of drug-likeness (QED) is 0.785. The van der Waals surface area contributed by atoms with Crippen molar-refractivity contribution in [1.29, 1.82) is 0 Å². The van der Waals surface area contributed by atoms with Gasteiger partial charge >= 0.3 is 0 Å². The summed E-state index contributed by atoms with van der Waals surface area (Å²) in [6, 6.07) is 1.59. The van der Waals surface area contributed by atoms with Crippen molar-refractivity contribution in [2.24, 2.45) is 0 Å². The second-order valence-electron chi connectivity index (χ2n) is 3.43. The first-order valence-electron chi connectivity index (χ1n) is 5.45. The first-order chi connectivity index (χ1) is 8.21. The fourth-order valence-electron chi connectivity index (χ4n) is 1.34. The topological polar surface area (TPSA) is 52.8 Å². The predicted molar refractivity (Wildman–Crippen MR) is 64.4 cm³/mol. The Morgan fingerprint density at radius 2 is 2.18 bits per heavy atom. The molecule has 0 radical (unpaired) electrons. The van der Waals surface area contributed by atoms with Crippen molar-refractivity contribution in [1.82, 2.24) is 19.7 Å². The van der Waals surface area contributed by atoms with Gasteiger partial charge in [-0.2, -0.15) is 10.1 Å². The molecule has 0 aliphatic heterocycles. The van der Waals surface area contributed by atoms with Gasteiger partial charge in [0.1, 0.15) is 11.0 Å². The van der Waals surface area contributed by atoms with E-state index in [0.29, 0.717) is 29.0 Å². The lowest BCUT2D eigenvalue weighted by Crippen LogP contribution is -1.96. The van der Waals surface area contributed by atoms with Gasteiger partial charge in [0.05, 0.1) is 12.4 Å². The molecule has 6 heteroatoms. The fraction of sp³-hybridized carbons (Fsp3) is 0.364. The SMILES string of the molecule is CCc1nc(Cl)cc(Oc2cnn(CC)c2)n1. The molecule has 2 aromatic heterocycles. The molecule has 0 saturated carbocycles. The highest BCUT2D eigenvalue weighted by Crippen LogP contribution is 2.21. The maximum Gasteiger partial charge on any atom is 0.224 e. The summed E-state index contributed by atoms with van der Waals surface area (Å²) in [6.07, 6.45) is 4.16. The third-order valence-electron chi connectivity index (χ3n) is 2.19. The number of halogens is 1. The van der Waals surface area contributed by atoms with E-state index in [1.54, 1.807) is 16.9 Å². The van der Waals surface area contributed by atoms with E-state index in [-0.39, 0.29) is 0 Å². The Hall–Kier alpha value is -1.62. The van der Waals surface area contributed by atoms with Gasteiger partial charge in [0.25, 0.3) is 0 Å². The maximum absolute atomic E-state index is 5.88. The lowest BCUT2D eigenvalue weighted by Gasteiger charge is -2.03. The molecule has 2 rings (SSSR count). The molecule has 0 aromatic carbocycles. The van der Waals surface area contributed by atoms with E-state index < -0.39 is 0 Å². The van der Waals surface area contributed by atoms with Crippen molar-refractivity contribution in [3.05, 3.63) is 29.4 Å². The van der Waals surface area contributed by atoms with E-state index in [0.717, 1.165) is 6.54 Å². The zero-order chi connectivity index (χ0) is 12.3. The summed E-state index contributed by atoms with van der Waals surface area (Å²) in [5.74, 6) is 1.75. The van der Waals surface area contributed by atoms with Gasteiger partial charge in [0, 0.05) is 19.0 Å². The molecule has 0 unspecified atom stereocenters. The minimum absolute atomic E-state index is 0.384. The van der Waals surface area contributed by atoms with Crippen LogP contribution in [0.25, 0.3) is 0 Å². The molecule has 0 bridgehead atoms. The van der Waals surface area contributed by atoms with Crippen molar-refractivity contribution in [3.63, 3.8) is 0 Å². The molecule has 0 amide bonds. The summed E-state index contributed by atoms with van der Waals surface area (Å²) in [5.41, 5.74) is 0. The molecule has 0 aliphatic carbocycles. The third kappa shape index (κ3) is 2.94. The number of aromatic nitrogens is 4. The van der Waals surface area contributed by atoms with Gasteiger partial charge < -0.3 is 4.74 Å². The highest BCUT2D eigenvalue weighted by Gasteiger charge is 2.05. The summed E-state index contributed by atoms with van der Waals surface area (Å²) in [7, 11) is 0. The first kappa shape index (κ1) is 11.9. The molecule has 0 N–H and O–H groups in total. The van der Waals surface area contributed by atoms with Crippen LogP contribution in [0.15, 0.2) is 18.5 Å². The van der Waals surface area contributed by atoms with E-state index in [1.807, 2.05) is 20.0 Å². The standard InChI is InChI=1S/C11H13ClN4O/c1-3-10-14-9(12)5-11(15-10)17-8-6-13-16(4-2)7-8/h5-7H,3-4H2,1-2H3. The zero-order valence-electron chi connectivity index (χ0n) is 9.72. The summed E-state index contributed by atoms with van der Waals surface area (Å²) in [5, 5.41) is 4.50. The van der Waals surface area contributed by atoms with Gasteiger partial charge in [-0.05, 0) is 6.92 Å². The predicted octanol–water partition coefficient (Wildman–Crippen LogP) is 2.70. The molecule has 0 aliphatic rings. The molecule has 2 heterocycles. The van der Waals surface area contributed by atoms with Crippen LogP contribution in [0.3, 0.4) is 0 Å². The molecule has 0 saturated heterocycles. The van der Waals surface area contributed by atoms with Crippen molar-refractivity contribution >= 4 is 11.6 Å². The van der Waals surface area contributed by atoms with Crippen molar-refractivity contribution < 1.29 is 4.74 Å². The van der Waals surface area contributed by atoms with Crippen LogP contribution < -0.4 is 4.74 Å². The number of rotatable bonds is 4.